The summed E-state index contributed by atoms with van der Waals surface area (Å²) in [6, 6.07) is 7.43. The van der Waals surface area contributed by atoms with Crippen LogP contribution in [0.3, 0.4) is 0 Å². The normalized spacial score (nSPS) is 14.1. The molecule has 0 spiro atoms. The largest absolute Gasteiger partial charge is 0.321 e. The molecule has 148 valence electrons. The highest BCUT2D eigenvalue weighted by molar-refractivity contribution is 6.41. The summed E-state index contributed by atoms with van der Waals surface area (Å²) in [5.41, 5.74) is 7.07. The molecule has 2 atom stereocenters. The van der Waals surface area contributed by atoms with Gasteiger partial charge in [0, 0.05) is 17.7 Å². The van der Waals surface area contributed by atoms with E-state index < -0.39 is 23.7 Å². The molecule has 0 bridgehead atoms. The third kappa shape index (κ3) is 7.95. The van der Waals surface area contributed by atoms with Crippen molar-refractivity contribution < 1.29 is 14.4 Å². The van der Waals surface area contributed by atoms with E-state index in [1.54, 1.807) is 19.1 Å². The van der Waals surface area contributed by atoms with Crippen LogP contribution in [0, 0.1) is 5.92 Å². The van der Waals surface area contributed by atoms with Crippen molar-refractivity contribution in [2.45, 2.75) is 71.9 Å². The molecule has 0 unspecified atom stereocenters. The van der Waals surface area contributed by atoms with Gasteiger partial charge in [0.25, 0.3) is 0 Å². The van der Waals surface area contributed by atoms with Gasteiger partial charge >= 0.3 is 0 Å². The average molecular weight is 373 g/mol. The maximum absolute atomic E-state index is 12.6. The van der Waals surface area contributed by atoms with Crippen LogP contribution in [0.4, 0.5) is 0 Å². The fourth-order valence-corrected chi connectivity index (χ4v) is 2.88. The smallest absolute Gasteiger partial charge is 0.224 e. The minimum atomic E-state index is -0.789. The number of hydrogen-bond acceptors (Lipinski definition) is 5. The lowest BCUT2D eigenvalue weighted by atomic mass is 9.94. The zero-order chi connectivity index (χ0) is 20.4. The van der Waals surface area contributed by atoms with Crippen molar-refractivity contribution in [2.75, 3.05) is 0 Å². The van der Waals surface area contributed by atoms with E-state index in [2.05, 4.69) is 4.99 Å². The maximum Gasteiger partial charge on any atom is 0.224 e. The molecule has 0 aliphatic carbocycles. The Morgan fingerprint density at radius 3 is 2.26 bits per heavy atom. The molecule has 0 fully saturated rings. The molecule has 2 N–H and O–H groups in total. The molecule has 0 saturated carbocycles. The van der Waals surface area contributed by atoms with E-state index in [0.29, 0.717) is 24.1 Å². The summed E-state index contributed by atoms with van der Waals surface area (Å²) in [5, 5.41) is 0. The van der Waals surface area contributed by atoms with Gasteiger partial charge in [-0.2, -0.15) is 0 Å². The molecule has 0 aliphatic heterocycles. The van der Waals surface area contributed by atoms with Gasteiger partial charge in [-0.25, -0.2) is 0 Å². The first-order chi connectivity index (χ1) is 12.8. The quantitative estimate of drug-likeness (QED) is 0.343. The molecule has 5 nitrogen and oxygen atoms in total. The van der Waals surface area contributed by atoms with Gasteiger partial charge in [0.15, 0.2) is 5.78 Å². The Hall–Kier alpha value is -2.14. The molecule has 27 heavy (non-hydrogen) atoms. The van der Waals surface area contributed by atoms with Crippen molar-refractivity contribution >= 4 is 23.1 Å². The summed E-state index contributed by atoms with van der Waals surface area (Å²) in [4.78, 5) is 41.8. The molecule has 0 saturated heterocycles. The zero-order valence-electron chi connectivity index (χ0n) is 16.9. The van der Waals surface area contributed by atoms with E-state index in [4.69, 9.17) is 5.73 Å². The van der Waals surface area contributed by atoms with Crippen molar-refractivity contribution in [3.8, 4) is 0 Å². The number of benzene rings is 1. The highest BCUT2D eigenvalue weighted by Gasteiger charge is 2.29. The van der Waals surface area contributed by atoms with E-state index in [9.17, 15) is 14.4 Å². The summed E-state index contributed by atoms with van der Waals surface area (Å²) in [6.45, 7) is 7.67. The van der Waals surface area contributed by atoms with Crippen molar-refractivity contribution in [3.63, 3.8) is 0 Å². The molecule has 1 rings (SSSR count). The van der Waals surface area contributed by atoms with Gasteiger partial charge in [-0.05, 0) is 25.7 Å². The second-order valence-corrected chi connectivity index (χ2v) is 7.45. The minimum absolute atomic E-state index is 0.0543. The minimum Gasteiger partial charge on any atom is -0.321 e. The summed E-state index contributed by atoms with van der Waals surface area (Å²) in [7, 11) is 0. The van der Waals surface area contributed by atoms with Crippen molar-refractivity contribution in [3.05, 3.63) is 35.9 Å². The molecule has 1 aromatic carbocycles. The summed E-state index contributed by atoms with van der Waals surface area (Å²) >= 11 is 0. The Morgan fingerprint density at radius 1 is 1.07 bits per heavy atom. The summed E-state index contributed by atoms with van der Waals surface area (Å²) in [6.07, 6.45) is 2.78. The first kappa shape index (κ1) is 22.9. The highest BCUT2D eigenvalue weighted by Crippen LogP contribution is 2.12. The van der Waals surface area contributed by atoms with Crippen LogP contribution < -0.4 is 5.73 Å². The fourth-order valence-electron chi connectivity index (χ4n) is 2.88. The second kappa shape index (κ2) is 11.5. The lowest BCUT2D eigenvalue weighted by Crippen LogP contribution is -2.41. The molecule has 0 heterocycles. The topological polar surface area (TPSA) is 89.6 Å². The Labute approximate surface area is 162 Å². The third-order valence-corrected chi connectivity index (χ3v) is 4.33. The average Bonchev–Trinajstić information content (AvgIpc) is 2.63. The Kier molecular flexibility index (Phi) is 9.79. The summed E-state index contributed by atoms with van der Waals surface area (Å²) in [5.74, 6) is -0.917. The SMILES string of the molecule is CCCC[C@H](N=C(C)CC(=O)c1ccccc1)C(=O)C(=O)[C@@H](N)CC(C)C. The number of Topliss-reactive ketones (excluding diaryl/α,β-unsaturated/α-hetero) is 3. The number of carbonyl (C=O) groups excluding carboxylic acids is 3. The summed E-state index contributed by atoms with van der Waals surface area (Å²) < 4.78 is 0. The van der Waals surface area contributed by atoms with E-state index in [1.807, 2.05) is 39.0 Å². The van der Waals surface area contributed by atoms with Gasteiger partial charge in [-0.3, -0.25) is 19.4 Å². The Morgan fingerprint density at radius 2 is 1.70 bits per heavy atom. The van der Waals surface area contributed by atoms with E-state index in [0.717, 1.165) is 12.8 Å². The van der Waals surface area contributed by atoms with Crippen molar-refractivity contribution in [1.29, 1.82) is 0 Å². The van der Waals surface area contributed by atoms with Crippen LogP contribution in [0.15, 0.2) is 35.3 Å². The van der Waals surface area contributed by atoms with Crippen molar-refractivity contribution in [2.24, 2.45) is 16.6 Å². The first-order valence-electron chi connectivity index (χ1n) is 9.71. The maximum atomic E-state index is 12.6. The second-order valence-electron chi connectivity index (χ2n) is 7.45. The highest BCUT2D eigenvalue weighted by atomic mass is 16.2. The molecule has 0 radical (unpaired) electrons. The van der Waals surface area contributed by atoms with Crippen LogP contribution in [-0.2, 0) is 9.59 Å². The van der Waals surface area contributed by atoms with Crippen LogP contribution in [0.25, 0.3) is 0 Å². The van der Waals surface area contributed by atoms with Crippen LogP contribution in [0.2, 0.25) is 0 Å². The standard InChI is InChI=1S/C22H32N2O3/c1-5-6-12-19(22(27)21(26)18(23)13-15(2)3)24-16(4)14-20(25)17-10-8-7-9-11-17/h7-11,15,18-19H,5-6,12-14,23H2,1-4H3/t18-,19-/m0/s1. The molecular weight excluding hydrogens is 340 g/mol. The van der Waals surface area contributed by atoms with E-state index in [1.165, 1.54) is 0 Å². The molecule has 0 amide bonds. The van der Waals surface area contributed by atoms with Gasteiger partial charge in [-0.15, -0.1) is 0 Å². The molecule has 0 aliphatic rings. The number of hydrogen-bond donors (Lipinski definition) is 1. The number of nitrogens with two attached hydrogens (primary N) is 1. The fraction of sp³-hybridized carbons (Fsp3) is 0.545. The molecule has 0 aromatic heterocycles. The lowest BCUT2D eigenvalue weighted by Gasteiger charge is -2.16. The number of carbonyl (C=O) groups is 3. The van der Waals surface area contributed by atoms with Crippen LogP contribution in [0.1, 0.15) is 70.2 Å². The first-order valence-corrected chi connectivity index (χ1v) is 9.71. The Bertz CT molecular complexity index is 665. The lowest BCUT2D eigenvalue weighted by molar-refractivity contribution is -0.138. The van der Waals surface area contributed by atoms with Gasteiger partial charge in [0.1, 0.15) is 6.04 Å². The number of unbranched alkanes of at least 4 members (excludes halogenated alkanes) is 1. The van der Waals surface area contributed by atoms with Gasteiger partial charge in [0.2, 0.25) is 11.6 Å². The third-order valence-electron chi connectivity index (χ3n) is 4.33. The number of nitrogens with zero attached hydrogens (tertiary/aromatic N) is 1. The molecule has 5 heteroatoms. The van der Waals surface area contributed by atoms with Gasteiger partial charge < -0.3 is 5.73 Å². The monoisotopic (exact) mass is 372 g/mol. The van der Waals surface area contributed by atoms with E-state index in [-0.39, 0.29) is 18.1 Å². The molecular formula is C22H32N2O3. The van der Waals surface area contributed by atoms with Gasteiger partial charge in [-0.1, -0.05) is 63.9 Å². The van der Waals surface area contributed by atoms with Crippen molar-refractivity contribution in [1.82, 2.24) is 0 Å². The van der Waals surface area contributed by atoms with Crippen LogP contribution >= 0.6 is 0 Å². The van der Waals surface area contributed by atoms with Crippen LogP contribution in [-0.4, -0.2) is 35.1 Å². The number of ketones is 3. The zero-order valence-corrected chi connectivity index (χ0v) is 16.9. The predicted molar refractivity (Wildman–Crippen MR) is 109 cm³/mol. The predicted octanol–water partition coefficient (Wildman–Crippen LogP) is 3.79. The van der Waals surface area contributed by atoms with Gasteiger partial charge in [0.05, 0.1) is 6.04 Å². The van der Waals surface area contributed by atoms with E-state index >= 15 is 0 Å². The molecule has 1 aromatic rings. The number of rotatable bonds is 12. The number of aliphatic imine (C=N–C) groups is 1. The Balaban J connectivity index is 2.88. The van der Waals surface area contributed by atoms with Crippen LogP contribution in [0.5, 0.6) is 0 Å².